The topological polar surface area (TPSA) is 83.8 Å². The molecule has 0 aliphatic heterocycles. The number of allylic oxidation sites excluding steroid dienone is 2. The lowest BCUT2D eigenvalue weighted by molar-refractivity contribution is 0.0267. The lowest BCUT2D eigenvalue weighted by atomic mass is 9.59. The summed E-state index contributed by atoms with van der Waals surface area (Å²) < 4.78 is 35.2. The summed E-state index contributed by atoms with van der Waals surface area (Å²) in [5.41, 5.74) is 3.70. The van der Waals surface area contributed by atoms with Crippen molar-refractivity contribution in [2.24, 2.45) is 11.3 Å². The molecule has 2 N–H and O–H groups in total. The minimum absolute atomic E-state index is 0.00610. The minimum Gasteiger partial charge on any atom is -0.393 e. The van der Waals surface area contributed by atoms with Gasteiger partial charge >= 0.3 is 10.4 Å². The van der Waals surface area contributed by atoms with Gasteiger partial charge in [-0.15, -0.1) is 0 Å². The van der Waals surface area contributed by atoms with Gasteiger partial charge in [-0.1, -0.05) is 24.6 Å². The maximum absolute atomic E-state index is 10.9. The lowest BCUT2D eigenvalue weighted by Crippen LogP contribution is -2.39. The summed E-state index contributed by atoms with van der Waals surface area (Å²) in [6, 6.07) is 5.22. The van der Waals surface area contributed by atoms with E-state index >= 15 is 0 Å². The third-order valence-electron chi connectivity index (χ3n) is 6.31. The zero-order valence-corrected chi connectivity index (χ0v) is 14.4. The van der Waals surface area contributed by atoms with Crippen molar-refractivity contribution in [2.75, 3.05) is 0 Å². The molecule has 4 rings (SSSR count). The maximum atomic E-state index is 10.9. The summed E-state index contributed by atoms with van der Waals surface area (Å²) in [4.78, 5) is 0. The van der Waals surface area contributed by atoms with Gasteiger partial charge in [0.1, 0.15) is 5.75 Å². The van der Waals surface area contributed by atoms with Crippen LogP contribution < -0.4 is 4.18 Å². The molecule has 0 heterocycles. The second-order valence-electron chi connectivity index (χ2n) is 7.52. The number of aliphatic hydroxyl groups is 1. The van der Waals surface area contributed by atoms with Crippen LogP contribution in [0, 0.1) is 11.3 Å². The smallest absolute Gasteiger partial charge is 0.393 e. The number of hydrogen-bond acceptors (Lipinski definition) is 4. The monoisotopic (exact) mass is 350 g/mol. The summed E-state index contributed by atoms with van der Waals surface area (Å²) in [5.74, 6) is 0.926. The molecule has 2 unspecified atom stereocenters. The molecule has 0 aromatic heterocycles. The van der Waals surface area contributed by atoms with Crippen LogP contribution in [-0.4, -0.2) is 24.2 Å². The van der Waals surface area contributed by atoms with Crippen molar-refractivity contribution in [3.05, 3.63) is 41.0 Å². The van der Waals surface area contributed by atoms with Crippen molar-refractivity contribution < 1.29 is 22.3 Å². The van der Waals surface area contributed by atoms with Crippen LogP contribution in [0.15, 0.2) is 29.8 Å². The van der Waals surface area contributed by atoms with Crippen LogP contribution in [0.2, 0.25) is 0 Å². The predicted octanol–water partition coefficient (Wildman–Crippen LogP) is 3.01. The number of rotatable bonds is 2. The van der Waals surface area contributed by atoms with E-state index in [0.717, 1.165) is 37.7 Å². The fraction of sp³-hybridized carbons (Fsp3) is 0.556. The van der Waals surface area contributed by atoms with Gasteiger partial charge in [0.15, 0.2) is 0 Å². The molecule has 130 valence electrons. The Kier molecular flexibility index (Phi) is 3.57. The van der Waals surface area contributed by atoms with Crippen LogP contribution in [0.5, 0.6) is 5.75 Å². The Labute approximate surface area is 142 Å². The Hall–Kier alpha value is -1.37. The Balaban J connectivity index is 1.67. The third kappa shape index (κ3) is 2.48. The van der Waals surface area contributed by atoms with Crippen LogP contribution in [0.4, 0.5) is 0 Å². The molecule has 4 atom stereocenters. The molecule has 0 saturated heterocycles. The molecule has 2 saturated carbocycles. The SMILES string of the molecule is C[C@]12CCC3C(=CCc4cc(OS(=O)(=O)O)ccc43)C1CC[C@H]2O. The average Bonchev–Trinajstić information content (AvgIpc) is 2.81. The average molecular weight is 350 g/mol. The molecule has 3 aliphatic rings. The van der Waals surface area contributed by atoms with Gasteiger partial charge in [0, 0.05) is 11.3 Å². The Morgan fingerprint density at radius 2 is 2.04 bits per heavy atom. The molecule has 24 heavy (non-hydrogen) atoms. The minimum atomic E-state index is -4.50. The van der Waals surface area contributed by atoms with Gasteiger partial charge in [0.2, 0.25) is 0 Å². The van der Waals surface area contributed by atoms with Gasteiger partial charge < -0.3 is 9.29 Å². The molecule has 5 nitrogen and oxygen atoms in total. The summed E-state index contributed by atoms with van der Waals surface area (Å²) in [6.45, 7) is 2.21. The molecule has 6 heteroatoms. The first-order valence-corrected chi connectivity index (χ1v) is 9.82. The largest absolute Gasteiger partial charge is 0.446 e. The van der Waals surface area contributed by atoms with E-state index in [0.29, 0.717) is 11.8 Å². The van der Waals surface area contributed by atoms with E-state index in [1.807, 2.05) is 6.07 Å². The van der Waals surface area contributed by atoms with Gasteiger partial charge in [-0.2, -0.15) is 8.42 Å². The molecule has 0 spiro atoms. The van der Waals surface area contributed by atoms with Crippen LogP contribution in [-0.2, 0) is 16.8 Å². The highest BCUT2D eigenvalue weighted by Gasteiger charge is 2.51. The van der Waals surface area contributed by atoms with Gasteiger partial charge in [0.05, 0.1) is 6.10 Å². The molecule has 0 bridgehead atoms. The maximum Gasteiger partial charge on any atom is 0.446 e. The normalized spacial score (nSPS) is 34.8. The lowest BCUT2D eigenvalue weighted by Gasteiger charge is -2.46. The Morgan fingerprint density at radius 1 is 1.25 bits per heavy atom. The Morgan fingerprint density at radius 3 is 2.79 bits per heavy atom. The summed E-state index contributed by atoms with van der Waals surface area (Å²) in [7, 11) is -4.50. The van der Waals surface area contributed by atoms with Crippen molar-refractivity contribution in [3.63, 3.8) is 0 Å². The van der Waals surface area contributed by atoms with Crippen LogP contribution >= 0.6 is 0 Å². The zero-order valence-electron chi connectivity index (χ0n) is 13.6. The molecule has 1 aromatic carbocycles. The number of hydrogen-bond donors (Lipinski definition) is 2. The number of fused-ring (bicyclic) bond motifs is 5. The highest BCUT2D eigenvalue weighted by Crippen LogP contribution is 2.59. The van der Waals surface area contributed by atoms with Crippen molar-refractivity contribution in [1.82, 2.24) is 0 Å². The highest BCUT2D eigenvalue weighted by molar-refractivity contribution is 7.81. The standard InChI is InChI=1S/C18H22O5S/c1-18-9-8-14-13-5-3-12(23-24(20,21)22)10-11(13)2-4-15(14)16(18)6-7-17(18)19/h3-5,10,14,16-17,19H,2,6-9H2,1H3,(H,20,21,22)/t14?,16?,17-,18+/m1/s1. The molecule has 3 aliphatic carbocycles. The highest BCUT2D eigenvalue weighted by atomic mass is 32.3. The molecule has 1 aromatic rings. The van der Waals surface area contributed by atoms with Crippen molar-refractivity contribution in [2.45, 2.75) is 51.0 Å². The van der Waals surface area contributed by atoms with Crippen LogP contribution in [0.1, 0.15) is 49.7 Å². The quantitative estimate of drug-likeness (QED) is 0.633. The summed E-state index contributed by atoms with van der Waals surface area (Å²) in [6.07, 6.45) is 6.69. The van der Waals surface area contributed by atoms with E-state index in [2.05, 4.69) is 17.2 Å². The Bertz CT molecular complexity index is 813. The number of benzene rings is 1. The second kappa shape index (κ2) is 5.31. The van der Waals surface area contributed by atoms with Crippen molar-refractivity contribution in [1.29, 1.82) is 0 Å². The fourth-order valence-corrected chi connectivity index (χ4v) is 5.44. The first-order chi connectivity index (χ1) is 11.3. The van der Waals surface area contributed by atoms with E-state index in [1.54, 1.807) is 12.1 Å². The molecule has 0 radical (unpaired) electrons. The van der Waals surface area contributed by atoms with Gasteiger partial charge in [0.25, 0.3) is 0 Å². The third-order valence-corrected chi connectivity index (χ3v) is 6.71. The fourth-order valence-electron chi connectivity index (χ4n) is 5.09. The first kappa shape index (κ1) is 16.1. The molecular weight excluding hydrogens is 328 g/mol. The van der Waals surface area contributed by atoms with Crippen LogP contribution in [0.3, 0.4) is 0 Å². The zero-order chi connectivity index (χ0) is 17.1. The van der Waals surface area contributed by atoms with E-state index in [1.165, 1.54) is 11.1 Å². The van der Waals surface area contributed by atoms with Crippen molar-refractivity contribution in [3.8, 4) is 5.75 Å². The first-order valence-electron chi connectivity index (χ1n) is 8.46. The molecule has 0 amide bonds. The van der Waals surface area contributed by atoms with E-state index < -0.39 is 10.4 Å². The van der Waals surface area contributed by atoms with E-state index in [4.69, 9.17) is 4.55 Å². The van der Waals surface area contributed by atoms with E-state index in [-0.39, 0.29) is 17.3 Å². The van der Waals surface area contributed by atoms with Gasteiger partial charge in [-0.3, -0.25) is 4.55 Å². The summed E-state index contributed by atoms with van der Waals surface area (Å²) >= 11 is 0. The summed E-state index contributed by atoms with van der Waals surface area (Å²) in [5, 5.41) is 10.4. The van der Waals surface area contributed by atoms with Crippen molar-refractivity contribution >= 4 is 10.4 Å². The van der Waals surface area contributed by atoms with Gasteiger partial charge in [-0.25, -0.2) is 0 Å². The molecule has 2 fully saturated rings. The predicted molar refractivity (Wildman–Crippen MR) is 89.2 cm³/mol. The second-order valence-corrected chi connectivity index (χ2v) is 8.54. The van der Waals surface area contributed by atoms with Gasteiger partial charge in [-0.05, 0) is 61.3 Å². The van der Waals surface area contributed by atoms with E-state index in [9.17, 15) is 13.5 Å². The number of aliphatic hydroxyl groups excluding tert-OH is 1. The van der Waals surface area contributed by atoms with Crippen LogP contribution in [0.25, 0.3) is 0 Å². The molecular formula is C18H22O5S.